The van der Waals surface area contributed by atoms with Crippen LogP contribution in [0.2, 0.25) is 0 Å². The van der Waals surface area contributed by atoms with Crippen molar-refractivity contribution in [1.82, 2.24) is 0 Å². The van der Waals surface area contributed by atoms with Crippen molar-refractivity contribution < 1.29 is 0 Å². The third kappa shape index (κ3) is 1.52. The van der Waals surface area contributed by atoms with E-state index in [1.54, 1.807) is 5.57 Å². The van der Waals surface area contributed by atoms with E-state index < -0.39 is 0 Å². The summed E-state index contributed by atoms with van der Waals surface area (Å²) in [5.74, 6) is 4.90. The molecule has 4 bridgehead atoms. The van der Waals surface area contributed by atoms with E-state index in [1.165, 1.54) is 19.3 Å². The van der Waals surface area contributed by atoms with E-state index in [4.69, 9.17) is 5.73 Å². The van der Waals surface area contributed by atoms with Crippen LogP contribution in [0.4, 0.5) is 0 Å². The van der Waals surface area contributed by atoms with E-state index >= 15 is 0 Å². The van der Waals surface area contributed by atoms with Crippen LogP contribution in [-0.2, 0) is 0 Å². The molecule has 0 spiro atoms. The quantitative estimate of drug-likeness (QED) is 0.646. The third-order valence-electron chi connectivity index (χ3n) is 9.07. The van der Waals surface area contributed by atoms with Crippen molar-refractivity contribution in [3.05, 3.63) is 11.1 Å². The smallest absolute Gasteiger partial charge is 0.0291 e. The Morgan fingerprint density at radius 1 is 0.952 bits per heavy atom. The lowest BCUT2D eigenvalue weighted by Crippen LogP contribution is -2.43. The van der Waals surface area contributed by atoms with Gasteiger partial charge in [-0.2, -0.15) is 0 Å². The molecule has 1 heteroatoms. The van der Waals surface area contributed by atoms with Crippen LogP contribution in [-0.4, -0.2) is 6.04 Å². The fourth-order valence-corrected chi connectivity index (χ4v) is 6.78. The van der Waals surface area contributed by atoms with Crippen molar-refractivity contribution in [3.8, 4) is 0 Å². The summed E-state index contributed by atoms with van der Waals surface area (Å²) in [6.07, 6.45) is 4.16. The lowest BCUT2D eigenvalue weighted by molar-refractivity contribution is 0.146. The van der Waals surface area contributed by atoms with Gasteiger partial charge in [0, 0.05) is 6.04 Å². The molecule has 1 nitrogen and oxygen atoms in total. The van der Waals surface area contributed by atoms with E-state index in [-0.39, 0.29) is 0 Å². The summed E-state index contributed by atoms with van der Waals surface area (Å²) in [6.45, 7) is 14.9. The Kier molecular flexibility index (Phi) is 2.70. The molecule has 4 rings (SSSR count). The Labute approximate surface area is 130 Å². The van der Waals surface area contributed by atoms with Crippen LogP contribution in [0.1, 0.15) is 60.8 Å². The molecule has 0 aromatic rings. The zero-order valence-electron chi connectivity index (χ0n) is 14.7. The van der Waals surface area contributed by atoms with Gasteiger partial charge in [-0.3, -0.25) is 0 Å². The van der Waals surface area contributed by atoms with Crippen LogP contribution in [0.3, 0.4) is 0 Å². The molecule has 118 valence electrons. The van der Waals surface area contributed by atoms with Gasteiger partial charge in [-0.1, -0.05) is 52.7 Å². The summed E-state index contributed by atoms with van der Waals surface area (Å²) in [5, 5.41) is 0. The summed E-state index contributed by atoms with van der Waals surface area (Å²) in [6, 6.07) is 0.377. The molecular formula is C20H33N. The van der Waals surface area contributed by atoms with E-state index in [2.05, 4.69) is 41.5 Å². The van der Waals surface area contributed by atoms with Gasteiger partial charge < -0.3 is 5.73 Å². The Hall–Kier alpha value is -0.300. The van der Waals surface area contributed by atoms with E-state index in [1.807, 2.05) is 5.57 Å². The highest BCUT2D eigenvalue weighted by molar-refractivity contribution is 5.38. The average Bonchev–Trinajstić information content (AvgIpc) is 3.06. The molecule has 0 aromatic carbocycles. The maximum atomic E-state index is 6.74. The number of hydrogen-bond donors (Lipinski definition) is 1. The van der Waals surface area contributed by atoms with E-state index in [0.29, 0.717) is 16.9 Å². The molecule has 0 amide bonds. The fourth-order valence-electron chi connectivity index (χ4n) is 6.78. The Morgan fingerprint density at radius 3 is 2.14 bits per heavy atom. The molecule has 4 saturated carbocycles. The van der Waals surface area contributed by atoms with E-state index in [0.717, 1.165) is 35.5 Å². The lowest BCUT2D eigenvalue weighted by atomic mass is 9.62. The van der Waals surface area contributed by atoms with Crippen molar-refractivity contribution in [2.75, 3.05) is 0 Å². The molecule has 0 saturated heterocycles. The van der Waals surface area contributed by atoms with Gasteiger partial charge in [-0.15, -0.1) is 0 Å². The van der Waals surface area contributed by atoms with Crippen LogP contribution in [0.25, 0.3) is 0 Å². The first-order chi connectivity index (χ1) is 9.67. The summed E-state index contributed by atoms with van der Waals surface area (Å²) in [5.41, 5.74) is 11.3. The van der Waals surface area contributed by atoms with Gasteiger partial charge in [0.25, 0.3) is 0 Å². The molecule has 0 unspecified atom stereocenters. The number of fused-ring (bicyclic) bond motifs is 4. The predicted molar refractivity (Wildman–Crippen MR) is 88.7 cm³/mol. The monoisotopic (exact) mass is 287 g/mol. The van der Waals surface area contributed by atoms with Crippen LogP contribution >= 0.6 is 0 Å². The number of nitrogens with two attached hydrogens (primary N) is 1. The summed E-state index contributed by atoms with van der Waals surface area (Å²) in [7, 11) is 0. The maximum absolute atomic E-state index is 6.74. The Balaban J connectivity index is 1.76. The predicted octanol–water partition coefficient (Wildman–Crippen LogP) is 4.62. The molecule has 4 aliphatic rings. The fraction of sp³-hybridized carbons (Fsp3) is 0.900. The minimum absolute atomic E-state index is 0.377. The molecule has 21 heavy (non-hydrogen) atoms. The van der Waals surface area contributed by atoms with Crippen LogP contribution in [0.15, 0.2) is 11.1 Å². The normalized spacial score (nSPS) is 56.4. The molecule has 4 fully saturated rings. The van der Waals surface area contributed by atoms with Crippen molar-refractivity contribution in [1.29, 1.82) is 0 Å². The second-order valence-corrected chi connectivity index (χ2v) is 9.92. The van der Waals surface area contributed by atoms with Gasteiger partial charge in [0.2, 0.25) is 0 Å². The number of rotatable bonds is 0. The van der Waals surface area contributed by atoms with Gasteiger partial charge in [0.05, 0.1) is 0 Å². The van der Waals surface area contributed by atoms with E-state index in [9.17, 15) is 0 Å². The first-order valence-corrected chi connectivity index (χ1v) is 9.15. The van der Waals surface area contributed by atoms with Gasteiger partial charge in [-0.25, -0.2) is 0 Å². The largest absolute Gasteiger partial charge is 0.324 e. The molecule has 0 heterocycles. The van der Waals surface area contributed by atoms with Gasteiger partial charge in [0.1, 0.15) is 0 Å². The first kappa shape index (κ1) is 14.3. The molecule has 4 aliphatic carbocycles. The van der Waals surface area contributed by atoms with Crippen molar-refractivity contribution in [2.45, 2.75) is 66.8 Å². The standard InChI is InChI=1S/C20H33N/c1-10-13-7-12(19(10,3)4)8-15(13)17-16-9-14(18(17)21)11(2)20(16,5)6/h10-14,16,18H,7-9,21H2,1-6H3/b17-15+/t10-,11+,12+,13+,14-,16-,18+/m1/s1. The molecule has 2 N–H and O–H groups in total. The molecule has 0 aromatic heterocycles. The highest BCUT2D eigenvalue weighted by atomic mass is 14.8. The molecule has 0 aliphatic heterocycles. The highest BCUT2D eigenvalue weighted by Crippen LogP contribution is 2.67. The highest BCUT2D eigenvalue weighted by Gasteiger charge is 2.60. The second kappa shape index (κ2) is 3.96. The second-order valence-electron chi connectivity index (χ2n) is 9.92. The summed E-state index contributed by atoms with van der Waals surface area (Å²) >= 11 is 0. The number of allylic oxidation sites excluding steroid dienone is 1. The van der Waals surface area contributed by atoms with Crippen molar-refractivity contribution in [2.24, 2.45) is 52.1 Å². The maximum Gasteiger partial charge on any atom is 0.0291 e. The van der Waals surface area contributed by atoms with Crippen molar-refractivity contribution >= 4 is 0 Å². The zero-order chi connectivity index (χ0) is 15.3. The summed E-state index contributed by atoms with van der Waals surface area (Å²) in [4.78, 5) is 0. The Morgan fingerprint density at radius 2 is 1.62 bits per heavy atom. The molecule has 7 atom stereocenters. The van der Waals surface area contributed by atoms with Crippen LogP contribution in [0, 0.1) is 46.3 Å². The van der Waals surface area contributed by atoms with Crippen LogP contribution < -0.4 is 5.73 Å². The minimum atomic E-state index is 0.377. The molecular weight excluding hydrogens is 254 g/mol. The SMILES string of the molecule is C[C@@H]1[C@@H]2C[C@@H](C/C2=C2\[C@@H](N)[C@@H]3C[C@H]2C(C)(C)[C@H]3C)C1(C)C. The van der Waals surface area contributed by atoms with Crippen molar-refractivity contribution in [3.63, 3.8) is 0 Å². The third-order valence-corrected chi connectivity index (χ3v) is 9.07. The zero-order valence-corrected chi connectivity index (χ0v) is 14.7. The molecule has 0 radical (unpaired) electrons. The van der Waals surface area contributed by atoms with Gasteiger partial charge in [-0.05, 0) is 65.6 Å². The summed E-state index contributed by atoms with van der Waals surface area (Å²) < 4.78 is 0. The lowest BCUT2D eigenvalue weighted by Gasteiger charge is -2.44. The minimum Gasteiger partial charge on any atom is -0.324 e. The number of hydrogen-bond acceptors (Lipinski definition) is 1. The topological polar surface area (TPSA) is 26.0 Å². The first-order valence-electron chi connectivity index (χ1n) is 9.15. The Bertz CT molecular complexity index is 508. The van der Waals surface area contributed by atoms with Gasteiger partial charge >= 0.3 is 0 Å². The van der Waals surface area contributed by atoms with Crippen LogP contribution in [0.5, 0.6) is 0 Å². The average molecular weight is 287 g/mol. The van der Waals surface area contributed by atoms with Gasteiger partial charge in [0.15, 0.2) is 0 Å².